The summed E-state index contributed by atoms with van der Waals surface area (Å²) in [5, 5.41) is 5.40. The average Bonchev–Trinajstić information content (AvgIpc) is 3.03. The normalized spacial score (nSPS) is 19.1. The van der Waals surface area contributed by atoms with Crippen LogP contribution in [0.5, 0.6) is 0 Å². The Bertz CT molecular complexity index is 895. The highest BCUT2D eigenvalue weighted by Gasteiger charge is 2.35. The molecule has 2 fully saturated rings. The van der Waals surface area contributed by atoms with Crippen molar-refractivity contribution in [1.29, 1.82) is 0 Å². The van der Waals surface area contributed by atoms with Crippen LogP contribution in [0.2, 0.25) is 0 Å². The molecule has 0 N–H and O–H groups in total. The second-order valence-electron chi connectivity index (χ2n) is 6.87. The zero-order chi connectivity index (χ0) is 17.5. The topological polar surface area (TPSA) is 79.1 Å². The number of piperazine rings is 1. The highest BCUT2D eigenvalue weighted by molar-refractivity contribution is 5.86. The molecule has 2 saturated heterocycles. The number of hydrogen-bond donors (Lipinski definition) is 0. The van der Waals surface area contributed by atoms with Crippen LogP contribution in [0, 0.1) is 0 Å². The molecule has 0 amide bonds. The molecule has 0 aliphatic carbocycles. The van der Waals surface area contributed by atoms with Crippen molar-refractivity contribution in [3.05, 3.63) is 31.0 Å². The summed E-state index contributed by atoms with van der Waals surface area (Å²) < 4.78 is 1.80. The van der Waals surface area contributed by atoms with Crippen LogP contribution >= 0.6 is 0 Å². The third kappa shape index (κ3) is 2.64. The van der Waals surface area contributed by atoms with E-state index >= 15 is 0 Å². The van der Waals surface area contributed by atoms with Crippen LogP contribution in [-0.2, 0) is 7.05 Å². The number of aryl methyl sites for hydroxylation is 1. The van der Waals surface area contributed by atoms with Crippen molar-refractivity contribution in [2.24, 2.45) is 7.05 Å². The summed E-state index contributed by atoms with van der Waals surface area (Å²) in [6.45, 7) is 6.04. The molecule has 3 aromatic heterocycles. The lowest BCUT2D eigenvalue weighted by Crippen LogP contribution is -2.63. The van der Waals surface area contributed by atoms with Gasteiger partial charge < -0.3 is 9.80 Å². The maximum Gasteiger partial charge on any atom is 0.225 e. The van der Waals surface area contributed by atoms with Crippen molar-refractivity contribution < 1.29 is 0 Å². The van der Waals surface area contributed by atoms with Crippen LogP contribution in [0.3, 0.4) is 0 Å². The standard InChI is InChI=1S/C17H21N9/c1-23-11-14-15(22-23)20-12-21-16(14)26-9-13(10-26)24-5-7-25(8-6-24)17-18-3-2-4-19-17/h2-4,11-13H,5-10H2,1H3. The molecule has 0 radical (unpaired) electrons. The fraction of sp³-hybridized carbons (Fsp3) is 0.471. The zero-order valence-corrected chi connectivity index (χ0v) is 14.7. The van der Waals surface area contributed by atoms with Crippen molar-refractivity contribution in [3.8, 4) is 0 Å². The smallest absolute Gasteiger partial charge is 0.225 e. The molecule has 0 unspecified atom stereocenters. The maximum atomic E-state index is 4.49. The number of hydrogen-bond acceptors (Lipinski definition) is 8. The number of fused-ring (bicyclic) bond motifs is 1. The highest BCUT2D eigenvalue weighted by atomic mass is 15.4. The summed E-state index contributed by atoms with van der Waals surface area (Å²) in [5.74, 6) is 1.83. The molecule has 2 aliphatic heterocycles. The molecule has 9 nitrogen and oxygen atoms in total. The molecular weight excluding hydrogens is 330 g/mol. The summed E-state index contributed by atoms with van der Waals surface area (Å²) in [6, 6.07) is 2.44. The Balaban J connectivity index is 1.21. The Hall–Kier alpha value is -2.81. The first-order valence-corrected chi connectivity index (χ1v) is 8.93. The maximum absolute atomic E-state index is 4.49. The number of rotatable bonds is 3. The van der Waals surface area contributed by atoms with E-state index in [9.17, 15) is 0 Å². The van der Waals surface area contributed by atoms with Gasteiger partial charge in [-0.2, -0.15) is 5.10 Å². The molecule has 134 valence electrons. The molecule has 0 atom stereocenters. The van der Waals surface area contributed by atoms with E-state index < -0.39 is 0 Å². The average molecular weight is 351 g/mol. The minimum absolute atomic E-state index is 0.579. The van der Waals surface area contributed by atoms with E-state index in [4.69, 9.17) is 0 Å². The zero-order valence-electron chi connectivity index (χ0n) is 14.7. The third-order valence-electron chi connectivity index (χ3n) is 5.24. The molecule has 2 aliphatic rings. The molecule has 26 heavy (non-hydrogen) atoms. The second-order valence-corrected chi connectivity index (χ2v) is 6.87. The van der Waals surface area contributed by atoms with Gasteiger partial charge in [0.25, 0.3) is 0 Å². The van der Waals surface area contributed by atoms with Crippen molar-refractivity contribution >= 4 is 22.8 Å². The lowest BCUT2D eigenvalue weighted by molar-refractivity contribution is 0.156. The van der Waals surface area contributed by atoms with Gasteiger partial charge in [-0.1, -0.05) is 0 Å². The molecule has 5 rings (SSSR count). The highest BCUT2D eigenvalue weighted by Crippen LogP contribution is 2.28. The van der Waals surface area contributed by atoms with Gasteiger partial charge in [0.2, 0.25) is 5.95 Å². The minimum Gasteiger partial charge on any atom is -0.353 e. The molecular formula is C17H21N9. The van der Waals surface area contributed by atoms with Crippen LogP contribution < -0.4 is 9.80 Å². The fourth-order valence-corrected chi connectivity index (χ4v) is 3.79. The first-order chi connectivity index (χ1) is 12.8. The van der Waals surface area contributed by atoms with Crippen LogP contribution in [0.15, 0.2) is 31.0 Å². The first-order valence-electron chi connectivity index (χ1n) is 8.93. The van der Waals surface area contributed by atoms with E-state index in [1.165, 1.54) is 0 Å². The Kier molecular flexibility index (Phi) is 3.66. The predicted molar refractivity (Wildman–Crippen MR) is 98.1 cm³/mol. The summed E-state index contributed by atoms with van der Waals surface area (Å²) in [4.78, 5) is 24.6. The van der Waals surface area contributed by atoms with E-state index in [-0.39, 0.29) is 0 Å². The predicted octanol–water partition coefficient (Wildman–Crippen LogP) is 0.164. The van der Waals surface area contributed by atoms with Gasteiger partial charge in [0, 0.05) is 70.9 Å². The Labute approximate surface area is 151 Å². The molecule has 0 aromatic carbocycles. The van der Waals surface area contributed by atoms with Gasteiger partial charge in [-0.05, 0) is 6.07 Å². The number of aromatic nitrogens is 6. The van der Waals surface area contributed by atoms with Gasteiger partial charge in [-0.15, -0.1) is 0 Å². The van der Waals surface area contributed by atoms with Crippen LogP contribution in [0.25, 0.3) is 11.0 Å². The molecule has 3 aromatic rings. The van der Waals surface area contributed by atoms with Crippen LogP contribution in [-0.4, -0.2) is 79.9 Å². The van der Waals surface area contributed by atoms with Gasteiger partial charge >= 0.3 is 0 Å². The summed E-state index contributed by atoms with van der Waals surface area (Å²) in [7, 11) is 1.92. The number of anilines is 2. The van der Waals surface area contributed by atoms with Gasteiger partial charge in [-0.3, -0.25) is 9.58 Å². The summed E-state index contributed by atoms with van der Waals surface area (Å²) >= 11 is 0. The SMILES string of the molecule is Cn1cc2c(N3CC(N4CCN(c5ncccn5)CC4)C3)ncnc2n1. The van der Waals surface area contributed by atoms with E-state index in [1.807, 2.05) is 19.3 Å². The molecule has 9 heteroatoms. The monoisotopic (exact) mass is 351 g/mol. The minimum atomic E-state index is 0.579. The van der Waals surface area contributed by atoms with Crippen molar-refractivity contribution in [2.45, 2.75) is 6.04 Å². The van der Waals surface area contributed by atoms with Gasteiger partial charge in [0.15, 0.2) is 5.65 Å². The third-order valence-corrected chi connectivity index (χ3v) is 5.24. The van der Waals surface area contributed by atoms with Gasteiger partial charge in [0.05, 0.1) is 5.39 Å². The Morgan fingerprint density at radius 2 is 1.69 bits per heavy atom. The molecule has 0 spiro atoms. The van der Waals surface area contributed by atoms with Gasteiger partial charge in [-0.25, -0.2) is 19.9 Å². The fourth-order valence-electron chi connectivity index (χ4n) is 3.79. The largest absolute Gasteiger partial charge is 0.353 e. The van der Waals surface area contributed by atoms with Crippen molar-refractivity contribution in [3.63, 3.8) is 0 Å². The van der Waals surface area contributed by atoms with Gasteiger partial charge in [0.1, 0.15) is 12.1 Å². The lowest BCUT2D eigenvalue weighted by Gasteiger charge is -2.48. The van der Waals surface area contributed by atoms with Crippen LogP contribution in [0.1, 0.15) is 0 Å². The van der Waals surface area contributed by atoms with Crippen LogP contribution in [0.4, 0.5) is 11.8 Å². The Morgan fingerprint density at radius 1 is 0.923 bits per heavy atom. The van der Waals surface area contributed by atoms with Crippen molar-refractivity contribution in [2.75, 3.05) is 49.1 Å². The van der Waals surface area contributed by atoms with E-state index in [0.29, 0.717) is 6.04 Å². The number of nitrogens with zero attached hydrogens (tertiary/aromatic N) is 9. The Morgan fingerprint density at radius 3 is 2.46 bits per heavy atom. The lowest BCUT2D eigenvalue weighted by atomic mass is 10.1. The summed E-state index contributed by atoms with van der Waals surface area (Å²) in [5.41, 5.74) is 0.762. The molecule has 5 heterocycles. The summed E-state index contributed by atoms with van der Waals surface area (Å²) in [6.07, 6.45) is 7.21. The van der Waals surface area contributed by atoms with E-state index in [2.05, 4.69) is 39.7 Å². The quantitative estimate of drug-likeness (QED) is 0.660. The molecule has 0 bridgehead atoms. The van der Waals surface area contributed by atoms with E-state index in [1.54, 1.807) is 23.4 Å². The first kappa shape index (κ1) is 15.4. The second kappa shape index (κ2) is 6.17. The van der Waals surface area contributed by atoms with E-state index in [0.717, 1.165) is 62.1 Å². The molecule has 0 saturated carbocycles. The van der Waals surface area contributed by atoms with Crippen molar-refractivity contribution in [1.82, 2.24) is 34.6 Å².